The van der Waals surface area contributed by atoms with E-state index in [1.807, 2.05) is 19.1 Å². The van der Waals surface area contributed by atoms with Gasteiger partial charge in [0, 0.05) is 38.9 Å². The van der Waals surface area contributed by atoms with E-state index in [1.54, 1.807) is 16.8 Å². The monoisotopic (exact) mass is 480 g/mol. The molecule has 4 heterocycles. The molecule has 9 nitrogen and oxygen atoms in total. The first kappa shape index (κ1) is 25.1. The number of carbonyl (C=O) groups excluding carboxylic acids is 1. The van der Waals surface area contributed by atoms with Crippen molar-refractivity contribution in [3.63, 3.8) is 0 Å². The molecule has 4 rings (SSSR count). The molecule has 1 amide bonds. The molecule has 1 saturated heterocycles. The first-order valence-corrected chi connectivity index (χ1v) is 12.7. The van der Waals surface area contributed by atoms with Gasteiger partial charge in [-0.1, -0.05) is 38.7 Å². The predicted molar refractivity (Wildman–Crippen MR) is 136 cm³/mol. The minimum absolute atomic E-state index is 0.0825. The van der Waals surface area contributed by atoms with Gasteiger partial charge in [-0.3, -0.25) is 24.3 Å². The minimum atomic E-state index is -0.318. The Kier molecular flexibility index (Phi) is 8.30. The molecule has 3 aromatic rings. The van der Waals surface area contributed by atoms with Crippen molar-refractivity contribution >= 4 is 22.6 Å². The first-order valence-electron chi connectivity index (χ1n) is 12.7. The summed E-state index contributed by atoms with van der Waals surface area (Å²) in [6.07, 6.45) is 7.19. The van der Waals surface area contributed by atoms with E-state index in [0.29, 0.717) is 49.5 Å². The number of amides is 1. The van der Waals surface area contributed by atoms with E-state index in [9.17, 15) is 9.59 Å². The maximum atomic E-state index is 13.4. The number of rotatable bonds is 10. The van der Waals surface area contributed by atoms with Crippen LogP contribution < -0.4 is 16.4 Å². The van der Waals surface area contributed by atoms with Crippen molar-refractivity contribution in [2.75, 3.05) is 39.4 Å². The Morgan fingerprint density at radius 2 is 1.91 bits per heavy atom. The van der Waals surface area contributed by atoms with Gasteiger partial charge in [0.05, 0.1) is 24.2 Å². The zero-order valence-electron chi connectivity index (χ0n) is 20.8. The summed E-state index contributed by atoms with van der Waals surface area (Å²) < 4.78 is 8.68. The molecule has 9 heteroatoms. The highest BCUT2D eigenvalue weighted by atomic mass is 16.5. The van der Waals surface area contributed by atoms with Gasteiger partial charge in [-0.05, 0) is 31.0 Å². The van der Waals surface area contributed by atoms with Crippen LogP contribution >= 0.6 is 0 Å². The summed E-state index contributed by atoms with van der Waals surface area (Å²) in [5.41, 5.74) is 1.94. The van der Waals surface area contributed by atoms with Gasteiger partial charge in [-0.15, -0.1) is 0 Å². The number of pyridine rings is 2. The summed E-state index contributed by atoms with van der Waals surface area (Å²) in [7, 11) is 0. The van der Waals surface area contributed by atoms with Crippen molar-refractivity contribution in [1.82, 2.24) is 24.2 Å². The minimum Gasteiger partial charge on any atom is -0.379 e. The van der Waals surface area contributed by atoms with Crippen LogP contribution in [0.4, 0.5) is 0 Å². The van der Waals surface area contributed by atoms with Crippen LogP contribution in [0.15, 0.2) is 29.2 Å². The summed E-state index contributed by atoms with van der Waals surface area (Å²) in [6.45, 7) is 8.80. The van der Waals surface area contributed by atoms with E-state index in [-0.39, 0.29) is 22.5 Å². The Balaban J connectivity index is 1.71. The second-order valence-corrected chi connectivity index (χ2v) is 9.22. The molecule has 3 aromatic heterocycles. The quantitative estimate of drug-likeness (QED) is 0.343. The molecule has 0 aromatic carbocycles. The molecule has 0 bridgehead atoms. The number of unbranched alkanes of at least 4 members (excludes halogenated alkanes) is 4. The number of nitrogens with zero attached hydrogens (tertiary/aromatic N) is 4. The summed E-state index contributed by atoms with van der Waals surface area (Å²) in [6, 6.07) is 5.27. The average molecular weight is 481 g/mol. The fraction of sp³-hybridized carbons (Fsp3) is 0.538. The fourth-order valence-corrected chi connectivity index (χ4v) is 4.58. The van der Waals surface area contributed by atoms with Crippen LogP contribution in [0, 0.1) is 12.3 Å². The van der Waals surface area contributed by atoms with Gasteiger partial charge in [-0.25, -0.2) is 4.98 Å². The number of aryl methyl sites for hydroxylation is 1. The van der Waals surface area contributed by atoms with Gasteiger partial charge in [0.25, 0.3) is 11.5 Å². The number of morpholine rings is 1. The fourth-order valence-electron chi connectivity index (χ4n) is 4.58. The third-order valence-electron chi connectivity index (χ3n) is 6.69. The van der Waals surface area contributed by atoms with E-state index in [4.69, 9.17) is 15.1 Å². The van der Waals surface area contributed by atoms with Crippen molar-refractivity contribution in [2.45, 2.75) is 52.5 Å². The zero-order valence-corrected chi connectivity index (χ0v) is 20.8. The lowest BCUT2D eigenvalue weighted by Gasteiger charge is -2.27. The SMILES string of the molecule is CCCCCCCNC(=O)c1cc2c(=O)n3cccc(C)c3nc2n(CCN2CCOCC2)c1=N. The molecule has 0 spiro atoms. The highest BCUT2D eigenvalue weighted by Gasteiger charge is 2.19. The molecule has 0 aliphatic carbocycles. The van der Waals surface area contributed by atoms with Gasteiger partial charge < -0.3 is 14.6 Å². The zero-order chi connectivity index (χ0) is 24.8. The molecule has 0 unspecified atom stereocenters. The van der Waals surface area contributed by atoms with Crippen molar-refractivity contribution in [2.24, 2.45) is 0 Å². The van der Waals surface area contributed by atoms with Gasteiger partial charge in [-0.2, -0.15) is 0 Å². The summed E-state index contributed by atoms with van der Waals surface area (Å²) in [5, 5.41) is 12.2. The Bertz CT molecular complexity index is 1310. The summed E-state index contributed by atoms with van der Waals surface area (Å²) in [4.78, 5) is 33.6. The van der Waals surface area contributed by atoms with Crippen molar-refractivity contribution in [1.29, 1.82) is 5.41 Å². The molecule has 0 radical (unpaired) electrons. The third-order valence-corrected chi connectivity index (χ3v) is 6.69. The maximum absolute atomic E-state index is 13.4. The average Bonchev–Trinajstić information content (AvgIpc) is 2.87. The molecule has 0 saturated carbocycles. The molecule has 0 atom stereocenters. The van der Waals surface area contributed by atoms with Crippen LogP contribution in [0.25, 0.3) is 16.7 Å². The number of ether oxygens (including phenoxy) is 1. The van der Waals surface area contributed by atoms with Gasteiger partial charge in [0.1, 0.15) is 16.8 Å². The van der Waals surface area contributed by atoms with Crippen LogP contribution in [0.5, 0.6) is 0 Å². The largest absolute Gasteiger partial charge is 0.379 e. The maximum Gasteiger partial charge on any atom is 0.267 e. The highest BCUT2D eigenvalue weighted by Crippen LogP contribution is 2.13. The molecule has 188 valence electrons. The second-order valence-electron chi connectivity index (χ2n) is 9.22. The number of carbonyl (C=O) groups is 1. The molecule has 2 N–H and O–H groups in total. The van der Waals surface area contributed by atoms with Crippen LogP contribution in [-0.2, 0) is 11.3 Å². The third kappa shape index (κ3) is 5.62. The lowest BCUT2D eigenvalue weighted by Crippen LogP contribution is -2.41. The predicted octanol–water partition coefficient (Wildman–Crippen LogP) is 2.47. The Labute approximate surface area is 205 Å². The van der Waals surface area contributed by atoms with Gasteiger partial charge in [0.15, 0.2) is 0 Å². The summed E-state index contributed by atoms with van der Waals surface area (Å²) in [5.74, 6) is -0.318. The normalized spacial score (nSPS) is 14.6. The van der Waals surface area contributed by atoms with E-state index >= 15 is 0 Å². The lowest BCUT2D eigenvalue weighted by molar-refractivity contribution is 0.0363. The molecule has 1 aliphatic heterocycles. The number of hydrogen-bond acceptors (Lipinski definition) is 6. The summed E-state index contributed by atoms with van der Waals surface area (Å²) >= 11 is 0. The Hall–Kier alpha value is -3.04. The number of hydrogen-bond donors (Lipinski definition) is 2. The van der Waals surface area contributed by atoms with E-state index < -0.39 is 0 Å². The van der Waals surface area contributed by atoms with Crippen LogP contribution in [0.2, 0.25) is 0 Å². The molecule has 1 fully saturated rings. The highest BCUT2D eigenvalue weighted by molar-refractivity contribution is 5.96. The Morgan fingerprint density at radius 1 is 1.14 bits per heavy atom. The number of aromatic nitrogens is 3. The lowest BCUT2D eigenvalue weighted by atomic mass is 10.1. The Morgan fingerprint density at radius 3 is 2.69 bits per heavy atom. The molecule has 1 aliphatic rings. The van der Waals surface area contributed by atoms with Gasteiger partial charge in [0.2, 0.25) is 0 Å². The van der Waals surface area contributed by atoms with Crippen LogP contribution in [-0.4, -0.2) is 64.2 Å². The first-order chi connectivity index (χ1) is 17.0. The smallest absolute Gasteiger partial charge is 0.267 e. The van der Waals surface area contributed by atoms with E-state index in [2.05, 4.69) is 17.1 Å². The standard InChI is InChI=1S/C26H36N6O3/c1-3-4-5-6-7-10-28-25(33)20-18-21-24(29-23-19(2)9-8-11-32(23)26(21)34)31(22(20)27)13-12-30-14-16-35-17-15-30/h8-9,11,18,27H,3-7,10,12-17H2,1-2H3,(H,28,33). The van der Waals surface area contributed by atoms with Crippen LogP contribution in [0.3, 0.4) is 0 Å². The topological polar surface area (TPSA) is 105 Å². The van der Waals surface area contributed by atoms with E-state index in [1.165, 1.54) is 17.2 Å². The second kappa shape index (κ2) is 11.6. The number of fused-ring (bicyclic) bond motifs is 2. The molecule has 35 heavy (non-hydrogen) atoms. The molecular weight excluding hydrogens is 444 g/mol. The van der Waals surface area contributed by atoms with Crippen LogP contribution in [0.1, 0.15) is 54.9 Å². The van der Waals surface area contributed by atoms with Crippen molar-refractivity contribution in [3.05, 3.63) is 51.4 Å². The van der Waals surface area contributed by atoms with Crippen molar-refractivity contribution in [3.8, 4) is 0 Å². The van der Waals surface area contributed by atoms with Crippen molar-refractivity contribution < 1.29 is 9.53 Å². The van der Waals surface area contributed by atoms with E-state index in [0.717, 1.165) is 37.9 Å². The number of nitrogens with one attached hydrogen (secondary N) is 2. The van der Waals surface area contributed by atoms with Gasteiger partial charge >= 0.3 is 0 Å². The molecular formula is C26H36N6O3.